The predicted octanol–water partition coefficient (Wildman–Crippen LogP) is 3.51. The third-order valence-electron chi connectivity index (χ3n) is 3.45. The van der Waals surface area contributed by atoms with E-state index in [1.54, 1.807) is 6.26 Å². The fourth-order valence-electron chi connectivity index (χ4n) is 2.26. The molecule has 144 valence electrons. The lowest BCUT2D eigenvalue weighted by Gasteiger charge is -2.10. The number of ether oxygens (including phenoxy) is 1. The van der Waals surface area contributed by atoms with Gasteiger partial charge in [0.15, 0.2) is 5.96 Å². The Hall–Kier alpha value is -1.25. The van der Waals surface area contributed by atoms with Crippen LogP contribution in [-0.4, -0.2) is 38.2 Å². The highest BCUT2D eigenvalue weighted by Gasteiger charge is 2.01. The first kappa shape index (κ1) is 23.8. The van der Waals surface area contributed by atoms with E-state index in [4.69, 9.17) is 9.15 Å². The van der Waals surface area contributed by atoms with Crippen LogP contribution >= 0.6 is 24.0 Å². The lowest BCUT2D eigenvalue weighted by molar-refractivity contribution is -0.143. The minimum Gasteiger partial charge on any atom is -0.469 e. The van der Waals surface area contributed by atoms with Gasteiger partial charge in [0.1, 0.15) is 5.76 Å². The summed E-state index contributed by atoms with van der Waals surface area (Å²) in [4.78, 5) is 15.8. The summed E-state index contributed by atoms with van der Waals surface area (Å²) in [5, 5.41) is 6.55. The molecule has 1 rings (SSSR count). The molecule has 2 N–H and O–H groups in total. The maximum Gasteiger partial charge on any atom is 0.305 e. The summed E-state index contributed by atoms with van der Waals surface area (Å²) in [6.07, 6.45) is 7.09. The molecular formula is C18H32IN3O3. The first-order chi connectivity index (χ1) is 11.8. The van der Waals surface area contributed by atoms with Crippen LogP contribution in [0.5, 0.6) is 0 Å². The Morgan fingerprint density at radius 2 is 2.00 bits per heavy atom. The van der Waals surface area contributed by atoms with Crippen molar-refractivity contribution < 1.29 is 13.9 Å². The van der Waals surface area contributed by atoms with E-state index in [1.165, 1.54) is 0 Å². The van der Waals surface area contributed by atoms with Gasteiger partial charge in [-0.25, -0.2) is 0 Å². The highest BCUT2D eigenvalue weighted by atomic mass is 127. The Kier molecular flexibility index (Phi) is 15.4. The van der Waals surface area contributed by atoms with E-state index in [1.807, 2.05) is 19.1 Å². The van der Waals surface area contributed by atoms with E-state index >= 15 is 0 Å². The van der Waals surface area contributed by atoms with Crippen LogP contribution in [0.25, 0.3) is 0 Å². The van der Waals surface area contributed by atoms with Crippen molar-refractivity contribution in [2.45, 2.75) is 52.4 Å². The molecule has 0 aromatic carbocycles. The molecule has 1 aromatic rings. The molecule has 0 fully saturated rings. The van der Waals surface area contributed by atoms with Crippen molar-refractivity contribution in [3.63, 3.8) is 0 Å². The smallest absolute Gasteiger partial charge is 0.305 e. The zero-order valence-corrected chi connectivity index (χ0v) is 17.7. The molecule has 0 aliphatic heterocycles. The highest BCUT2D eigenvalue weighted by molar-refractivity contribution is 14.0. The summed E-state index contributed by atoms with van der Waals surface area (Å²) >= 11 is 0. The number of aliphatic imine (C=N–C) groups is 1. The number of esters is 1. The Labute approximate surface area is 168 Å². The molecule has 0 aliphatic rings. The topological polar surface area (TPSA) is 75.9 Å². The van der Waals surface area contributed by atoms with Crippen molar-refractivity contribution in [3.05, 3.63) is 24.2 Å². The Bertz CT molecular complexity index is 464. The molecule has 7 heteroatoms. The molecule has 0 unspecified atom stereocenters. The number of furan rings is 1. The summed E-state index contributed by atoms with van der Waals surface area (Å²) in [7, 11) is 0. The minimum absolute atomic E-state index is 0. The number of carbonyl (C=O) groups excluding carboxylic acids is 1. The van der Waals surface area contributed by atoms with Crippen LogP contribution in [-0.2, 0) is 16.0 Å². The van der Waals surface area contributed by atoms with Gasteiger partial charge >= 0.3 is 5.97 Å². The number of halogens is 1. The summed E-state index contributed by atoms with van der Waals surface area (Å²) < 4.78 is 10.2. The fourth-order valence-corrected chi connectivity index (χ4v) is 2.26. The second-order valence-electron chi connectivity index (χ2n) is 5.49. The first-order valence-corrected chi connectivity index (χ1v) is 8.96. The molecule has 1 aromatic heterocycles. The van der Waals surface area contributed by atoms with Gasteiger partial charge in [0, 0.05) is 32.5 Å². The van der Waals surface area contributed by atoms with E-state index in [0.717, 1.165) is 63.5 Å². The van der Waals surface area contributed by atoms with Gasteiger partial charge in [0.05, 0.1) is 12.9 Å². The Morgan fingerprint density at radius 1 is 1.20 bits per heavy atom. The summed E-state index contributed by atoms with van der Waals surface area (Å²) in [5.74, 6) is 1.72. The van der Waals surface area contributed by atoms with Gasteiger partial charge in [-0.05, 0) is 38.8 Å². The van der Waals surface area contributed by atoms with Gasteiger partial charge in [-0.3, -0.25) is 9.79 Å². The molecule has 0 bridgehead atoms. The lowest BCUT2D eigenvalue weighted by Crippen LogP contribution is -2.38. The van der Waals surface area contributed by atoms with Crippen molar-refractivity contribution in [1.29, 1.82) is 0 Å². The van der Waals surface area contributed by atoms with Crippen LogP contribution < -0.4 is 10.6 Å². The largest absolute Gasteiger partial charge is 0.469 e. The lowest BCUT2D eigenvalue weighted by atomic mass is 10.1. The standard InChI is InChI=1S/C18H31N3O3.HI/c1-3-19-18(21-14-12-16-10-9-15-24-16)20-13-8-6-5-7-11-17(22)23-4-2;/h9-10,15H,3-8,11-14H2,1-2H3,(H2,19,20,21);1H. The van der Waals surface area contributed by atoms with Gasteiger partial charge < -0.3 is 19.8 Å². The number of nitrogens with one attached hydrogen (secondary N) is 2. The number of rotatable bonds is 12. The van der Waals surface area contributed by atoms with E-state index in [0.29, 0.717) is 13.0 Å². The summed E-state index contributed by atoms with van der Waals surface area (Å²) in [6, 6.07) is 3.87. The number of unbranched alkanes of at least 4 members (excludes halogenated alkanes) is 3. The van der Waals surface area contributed by atoms with E-state index in [2.05, 4.69) is 22.5 Å². The van der Waals surface area contributed by atoms with Crippen molar-refractivity contribution in [2.24, 2.45) is 4.99 Å². The molecule has 0 aliphatic carbocycles. The monoisotopic (exact) mass is 465 g/mol. The second kappa shape index (κ2) is 16.2. The van der Waals surface area contributed by atoms with Crippen LogP contribution in [0.1, 0.15) is 51.7 Å². The van der Waals surface area contributed by atoms with Crippen LogP contribution in [0.2, 0.25) is 0 Å². The molecule has 0 saturated heterocycles. The Morgan fingerprint density at radius 3 is 2.68 bits per heavy atom. The SMILES string of the molecule is CCNC(=NCCCCCCC(=O)OCC)NCCc1ccco1.I. The third kappa shape index (κ3) is 12.7. The quantitative estimate of drug-likeness (QED) is 0.163. The molecular weight excluding hydrogens is 433 g/mol. The molecule has 1 heterocycles. The number of hydrogen-bond donors (Lipinski definition) is 2. The van der Waals surface area contributed by atoms with Gasteiger partial charge in [-0.15, -0.1) is 24.0 Å². The number of guanidine groups is 1. The Balaban J connectivity index is 0.00000576. The average Bonchev–Trinajstić information content (AvgIpc) is 3.07. The van der Waals surface area contributed by atoms with Crippen molar-refractivity contribution in [1.82, 2.24) is 10.6 Å². The van der Waals surface area contributed by atoms with E-state index in [-0.39, 0.29) is 29.9 Å². The zero-order chi connectivity index (χ0) is 17.5. The van der Waals surface area contributed by atoms with Gasteiger partial charge in [0.2, 0.25) is 0 Å². The van der Waals surface area contributed by atoms with Crippen LogP contribution in [0, 0.1) is 0 Å². The van der Waals surface area contributed by atoms with Crippen molar-refractivity contribution in [2.75, 3.05) is 26.2 Å². The predicted molar refractivity (Wildman–Crippen MR) is 112 cm³/mol. The third-order valence-corrected chi connectivity index (χ3v) is 3.45. The number of carbonyl (C=O) groups is 1. The molecule has 0 radical (unpaired) electrons. The minimum atomic E-state index is -0.0919. The van der Waals surface area contributed by atoms with Gasteiger partial charge in [-0.1, -0.05) is 12.8 Å². The zero-order valence-electron chi connectivity index (χ0n) is 15.4. The first-order valence-electron chi connectivity index (χ1n) is 8.96. The molecule has 0 amide bonds. The van der Waals surface area contributed by atoms with E-state index < -0.39 is 0 Å². The molecule has 0 spiro atoms. The van der Waals surface area contributed by atoms with Crippen LogP contribution in [0.15, 0.2) is 27.8 Å². The number of hydrogen-bond acceptors (Lipinski definition) is 4. The maximum atomic E-state index is 11.2. The van der Waals surface area contributed by atoms with Crippen LogP contribution in [0.4, 0.5) is 0 Å². The number of nitrogens with zero attached hydrogens (tertiary/aromatic N) is 1. The summed E-state index contributed by atoms with van der Waals surface area (Å²) in [5.41, 5.74) is 0. The fraction of sp³-hybridized carbons (Fsp3) is 0.667. The van der Waals surface area contributed by atoms with Gasteiger partial charge in [0.25, 0.3) is 0 Å². The average molecular weight is 465 g/mol. The maximum absolute atomic E-state index is 11.2. The van der Waals surface area contributed by atoms with Crippen LogP contribution in [0.3, 0.4) is 0 Å². The summed E-state index contributed by atoms with van der Waals surface area (Å²) in [6.45, 7) is 6.77. The second-order valence-corrected chi connectivity index (χ2v) is 5.49. The van der Waals surface area contributed by atoms with Gasteiger partial charge in [-0.2, -0.15) is 0 Å². The van der Waals surface area contributed by atoms with Crippen molar-refractivity contribution >= 4 is 35.9 Å². The highest BCUT2D eigenvalue weighted by Crippen LogP contribution is 2.04. The normalized spacial score (nSPS) is 10.9. The molecule has 0 saturated carbocycles. The van der Waals surface area contributed by atoms with E-state index in [9.17, 15) is 4.79 Å². The van der Waals surface area contributed by atoms with Crippen molar-refractivity contribution in [3.8, 4) is 0 Å². The molecule has 0 atom stereocenters. The molecule has 25 heavy (non-hydrogen) atoms. The molecule has 6 nitrogen and oxygen atoms in total.